The summed E-state index contributed by atoms with van der Waals surface area (Å²) >= 11 is 6.12. The van der Waals surface area contributed by atoms with Gasteiger partial charge in [0.1, 0.15) is 5.75 Å². The molecule has 1 unspecified atom stereocenters. The summed E-state index contributed by atoms with van der Waals surface area (Å²) in [6.45, 7) is 4.35. The molecular weight excluding hydrogens is 254 g/mol. The van der Waals surface area contributed by atoms with Crippen LogP contribution in [0.4, 0.5) is 0 Å². The SMILES string of the molecule is CCOc1cc(C)c(C(CC(=O)O)NC)cc1Cl. The summed E-state index contributed by atoms with van der Waals surface area (Å²) in [6.07, 6.45) is 0.0155. The monoisotopic (exact) mass is 271 g/mol. The number of benzene rings is 1. The van der Waals surface area contributed by atoms with Gasteiger partial charge < -0.3 is 15.2 Å². The molecule has 0 aliphatic rings. The summed E-state index contributed by atoms with van der Waals surface area (Å²) < 4.78 is 5.40. The number of aliphatic carboxylic acids is 1. The molecular formula is C13H18ClNO3. The maximum Gasteiger partial charge on any atom is 0.305 e. The molecule has 0 fully saturated rings. The molecule has 1 atom stereocenters. The molecule has 0 aliphatic heterocycles. The van der Waals surface area contributed by atoms with E-state index < -0.39 is 5.97 Å². The van der Waals surface area contributed by atoms with Crippen molar-refractivity contribution in [1.29, 1.82) is 0 Å². The number of hydrogen-bond donors (Lipinski definition) is 2. The number of halogens is 1. The molecule has 0 aliphatic carbocycles. The maximum atomic E-state index is 10.8. The zero-order valence-electron chi connectivity index (χ0n) is 10.8. The molecule has 0 spiro atoms. The van der Waals surface area contributed by atoms with Gasteiger partial charge in [-0.15, -0.1) is 0 Å². The Bertz CT molecular complexity index is 434. The Balaban J connectivity index is 3.08. The first-order chi connectivity index (χ1) is 8.49. The third kappa shape index (κ3) is 3.62. The lowest BCUT2D eigenvalue weighted by molar-refractivity contribution is -0.137. The first-order valence-corrected chi connectivity index (χ1v) is 6.19. The lowest BCUT2D eigenvalue weighted by Crippen LogP contribution is -2.20. The van der Waals surface area contributed by atoms with Crippen molar-refractivity contribution in [2.24, 2.45) is 0 Å². The molecule has 18 heavy (non-hydrogen) atoms. The van der Waals surface area contributed by atoms with Gasteiger partial charge in [0.25, 0.3) is 0 Å². The Kier molecular flexibility index (Phi) is 5.44. The van der Waals surface area contributed by atoms with Crippen LogP contribution in [0.2, 0.25) is 5.02 Å². The summed E-state index contributed by atoms with van der Waals surface area (Å²) in [4.78, 5) is 10.8. The molecule has 2 N–H and O–H groups in total. The zero-order chi connectivity index (χ0) is 13.7. The van der Waals surface area contributed by atoms with Crippen molar-refractivity contribution < 1.29 is 14.6 Å². The Morgan fingerprint density at radius 3 is 2.72 bits per heavy atom. The smallest absolute Gasteiger partial charge is 0.305 e. The first-order valence-electron chi connectivity index (χ1n) is 5.81. The van der Waals surface area contributed by atoms with Gasteiger partial charge in [0.15, 0.2) is 0 Å². The van der Waals surface area contributed by atoms with Crippen molar-refractivity contribution in [2.75, 3.05) is 13.7 Å². The van der Waals surface area contributed by atoms with Crippen LogP contribution in [-0.4, -0.2) is 24.7 Å². The molecule has 1 aromatic carbocycles. The van der Waals surface area contributed by atoms with Gasteiger partial charge in [-0.05, 0) is 44.2 Å². The van der Waals surface area contributed by atoms with Crippen molar-refractivity contribution in [3.8, 4) is 5.75 Å². The predicted octanol–water partition coefficient (Wildman–Crippen LogP) is 2.78. The summed E-state index contributed by atoms with van der Waals surface area (Å²) in [5.41, 5.74) is 1.84. The summed E-state index contributed by atoms with van der Waals surface area (Å²) in [5.74, 6) is -0.218. The maximum absolute atomic E-state index is 10.8. The molecule has 0 amide bonds. The number of carbonyl (C=O) groups is 1. The van der Waals surface area contributed by atoms with E-state index >= 15 is 0 Å². The van der Waals surface area contributed by atoms with Gasteiger partial charge in [0.05, 0.1) is 18.1 Å². The van der Waals surface area contributed by atoms with Crippen LogP contribution < -0.4 is 10.1 Å². The van der Waals surface area contributed by atoms with Crippen molar-refractivity contribution in [2.45, 2.75) is 26.3 Å². The van der Waals surface area contributed by atoms with E-state index in [0.29, 0.717) is 17.4 Å². The molecule has 0 bridgehead atoms. The van der Waals surface area contributed by atoms with Gasteiger partial charge in [-0.3, -0.25) is 4.79 Å². The van der Waals surface area contributed by atoms with Gasteiger partial charge in [-0.25, -0.2) is 0 Å². The highest BCUT2D eigenvalue weighted by molar-refractivity contribution is 6.32. The van der Waals surface area contributed by atoms with Gasteiger partial charge in [0, 0.05) is 6.04 Å². The molecule has 0 saturated heterocycles. The van der Waals surface area contributed by atoms with Crippen LogP contribution in [0.5, 0.6) is 5.75 Å². The lowest BCUT2D eigenvalue weighted by atomic mass is 9.98. The van der Waals surface area contributed by atoms with Crippen LogP contribution in [0.1, 0.15) is 30.5 Å². The number of aryl methyl sites for hydroxylation is 1. The van der Waals surface area contributed by atoms with Crippen molar-refractivity contribution in [1.82, 2.24) is 5.32 Å². The second-order valence-corrected chi connectivity index (χ2v) is 4.42. The number of carboxylic acids is 1. The lowest BCUT2D eigenvalue weighted by Gasteiger charge is -2.18. The van der Waals surface area contributed by atoms with Crippen LogP contribution in [0.15, 0.2) is 12.1 Å². The zero-order valence-corrected chi connectivity index (χ0v) is 11.5. The van der Waals surface area contributed by atoms with Gasteiger partial charge in [-0.2, -0.15) is 0 Å². The molecule has 0 aromatic heterocycles. The average Bonchev–Trinajstić information content (AvgIpc) is 2.30. The van der Waals surface area contributed by atoms with Crippen molar-refractivity contribution in [3.05, 3.63) is 28.3 Å². The quantitative estimate of drug-likeness (QED) is 0.835. The summed E-state index contributed by atoms with van der Waals surface area (Å²) in [7, 11) is 1.73. The van der Waals surface area contributed by atoms with Crippen LogP contribution >= 0.6 is 11.6 Å². The Morgan fingerprint density at radius 2 is 2.22 bits per heavy atom. The molecule has 5 heteroatoms. The highest BCUT2D eigenvalue weighted by Gasteiger charge is 2.17. The van der Waals surface area contributed by atoms with E-state index in [1.807, 2.05) is 19.9 Å². The number of ether oxygens (including phenoxy) is 1. The number of nitrogens with one attached hydrogen (secondary N) is 1. The normalized spacial score (nSPS) is 12.2. The molecule has 0 heterocycles. The van der Waals surface area contributed by atoms with E-state index in [0.717, 1.165) is 11.1 Å². The van der Waals surface area contributed by atoms with Gasteiger partial charge in [-0.1, -0.05) is 11.6 Å². The summed E-state index contributed by atoms with van der Waals surface area (Å²) in [5, 5.41) is 12.4. The highest BCUT2D eigenvalue weighted by atomic mass is 35.5. The van der Waals surface area contributed by atoms with E-state index in [9.17, 15) is 4.79 Å². The highest BCUT2D eigenvalue weighted by Crippen LogP contribution is 2.32. The molecule has 0 radical (unpaired) electrons. The molecule has 100 valence electrons. The van der Waals surface area contributed by atoms with E-state index in [-0.39, 0.29) is 12.5 Å². The van der Waals surface area contributed by atoms with E-state index in [2.05, 4.69) is 5.32 Å². The van der Waals surface area contributed by atoms with E-state index in [4.69, 9.17) is 21.4 Å². The third-order valence-corrected chi connectivity index (χ3v) is 3.02. The first kappa shape index (κ1) is 14.8. The average molecular weight is 272 g/mol. The number of hydrogen-bond acceptors (Lipinski definition) is 3. The summed E-state index contributed by atoms with van der Waals surface area (Å²) in [6, 6.07) is 3.36. The topological polar surface area (TPSA) is 58.6 Å². The van der Waals surface area contributed by atoms with Crippen LogP contribution in [0.25, 0.3) is 0 Å². The Morgan fingerprint density at radius 1 is 1.56 bits per heavy atom. The van der Waals surface area contributed by atoms with Crippen LogP contribution in [-0.2, 0) is 4.79 Å². The van der Waals surface area contributed by atoms with Crippen LogP contribution in [0.3, 0.4) is 0 Å². The van der Waals surface area contributed by atoms with Crippen molar-refractivity contribution in [3.63, 3.8) is 0 Å². The minimum Gasteiger partial charge on any atom is -0.492 e. The Hall–Kier alpha value is -1.26. The Labute approximate surface area is 112 Å². The predicted molar refractivity (Wildman–Crippen MR) is 71.4 cm³/mol. The molecule has 4 nitrogen and oxygen atoms in total. The fraction of sp³-hybridized carbons (Fsp3) is 0.462. The minimum atomic E-state index is -0.848. The molecule has 1 aromatic rings. The number of carboxylic acid groups (broad SMARTS) is 1. The van der Waals surface area contributed by atoms with Gasteiger partial charge >= 0.3 is 5.97 Å². The third-order valence-electron chi connectivity index (χ3n) is 2.72. The van der Waals surface area contributed by atoms with Gasteiger partial charge in [0.2, 0.25) is 0 Å². The molecule has 0 saturated carbocycles. The van der Waals surface area contributed by atoms with Crippen molar-refractivity contribution >= 4 is 17.6 Å². The second-order valence-electron chi connectivity index (χ2n) is 4.01. The minimum absolute atomic E-state index is 0.0155. The second kappa shape index (κ2) is 6.61. The van der Waals surface area contributed by atoms with E-state index in [1.165, 1.54) is 0 Å². The fourth-order valence-corrected chi connectivity index (χ4v) is 2.08. The number of rotatable bonds is 6. The largest absolute Gasteiger partial charge is 0.492 e. The standard InChI is InChI=1S/C13H18ClNO3/c1-4-18-12-5-8(2)9(6-10(12)14)11(15-3)7-13(16)17/h5-6,11,15H,4,7H2,1-3H3,(H,16,17). The fourth-order valence-electron chi connectivity index (χ4n) is 1.85. The molecule has 1 rings (SSSR count). The van der Waals surface area contributed by atoms with E-state index in [1.54, 1.807) is 13.1 Å². The van der Waals surface area contributed by atoms with Crippen LogP contribution in [0, 0.1) is 6.92 Å².